The van der Waals surface area contributed by atoms with Gasteiger partial charge in [-0.3, -0.25) is 4.79 Å². The molecule has 1 aromatic carbocycles. The summed E-state index contributed by atoms with van der Waals surface area (Å²) in [5, 5.41) is 14.5. The Kier molecular flexibility index (Phi) is 5.02. The highest BCUT2D eigenvalue weighted by atomic mass is 19.1. The first-order chi connectivity index (χ1) is 11.6. The molecule has 1 aromatic heterocycles. The standard InChI is InChI=1S/C16H21FN6O/c1-22-16(19-20-21-22)23-8-2-3-13(11-23)9-15(24)18-10-12-4-6-14(17)7-5-12/h4-7,13H,2-3,8-11H2,1H3,(H,18,24). The fourth-order valence-corrected chi connectivity index (χ4v) is 3.04. The van der Waals surface area contributed by atoms with Gasteiger partial charge >= 0.3 is 0 Å². The molecule has 1 aliphatic heterocycles. The largest absolute Gasteiger partial charge is 0.352 e. The van der Waals surface area contributed by atoms with Crippen molar-refractivity contribution in [3.63, 3.8) is 0 Å². The van der Waals surface area contributed by atoms with E-state index in [1.54, 1.807) is 16.8 Å². The van der Waals surface area contributed by atoms with E-state index < -0.39 is 0 Å². The van der Waals surface area contributed by atoms with Crippen LogP contribution in [-0.4, -0.2) is 39.2 Å². The molecular weight excluding hydrogens is 311 g/mol. The van der Waals surface area contributed by atoms with E-state index in [4.69, 9.17) is 0 Å². The molecule has 0 spiro atoms. The summed E-state index contributed by atoms with van der Waals surface area (Å²) in [6, 6.07) is 6.16. The number of halogens is 1. The van der Waals surface area contributed by atoms with E-state index in [1.165, 1.54) is 12.1 Å². The fourth-order valence-electron chi connectivity index (χ4n) is 3.04. The third-order valence-corrected chi connectivity index (χ3v) is 4.28. The topological polar surface area (TPSA) is 75.9 Å². The van der Waals surface area contributed by atoms with Crippen molar-refractivity contribution in [1.29, 1.82) is 0 Å². The number of rotatable bonds is 5. The lowest BCUT2D eigenvalue weighted by molar-refractivity contribution is -0.122. The minimum Gasteiger partial charge on any atom is -0.352 e. The molecule has 1 unspecified atom stereocenters. The summed E-state index contributed by atoms with van der Waals surface area (Å²) < 4.78 is 14.5. The van der Waals surface area contributed by atoms with Crippen LogP contribution in [0.3, 0.4) is 0 Å². The van der Waals surface area contributed by atoms with Crippen molar-refractivity contribution in [3.8, 4) is 0 Å². The van der Waals surface area contributed by atoms with Crippen molar-refractivity contribution in [3.05, 3.63) is 35.6 Å². The molecule has 1 saturated heterocycles. The summed E-state index contributed by atoms with van der Waals surface area (Å²) in [5.74, 6) is 0.767. The van der Waals surface area contributed by atoms with Gasteiger partial charge in [0.25, 0.3) is 0 Å². The molecule has 3 rings (SSSR count). The highest BCUT2D eigenvalue weighted by molar-refractivity contribution is 5.76. The lowest BCUT2D eigenvalue weighted by Crippen LogP contribution is -2.39. The minimum atomic E-state index is -0.273. The van der Waals surface area contributed by atoms with Crippen molar-refractivity contribution in [1.82, 2.24) is 25.5 Å². The van der Waals surface area contributed by atoms with Gasteiger partial charge in [-0.05, 0) is 46.9 Å². The maximum Gasteiger partial charge on any atom is 0.245 e. The van der Waals surface area contributed by atoms with Crippen molar-refractivity contribution in [2.24, 2.45) is 13.0 Å². The number of hydrogen-bond acceptors (Lipinski definition) is 5. The van der Waals surface area contributed by atoms with Gasteiger partial charge in [0.15, 0.2) is 0 Å². The Bertz CT molecular complexity index is 686. The summed E-state index contributed by atoms with van der Waals surface area (Å²) in [7, 11) is 1.81. The molecule has 24 heavy (non-hydrogen) atoms. The molecule has 1 amide bonds. The predicted molar refractivity (Wildman–Crippen MR) is 86.6 cm³/mol. The van der Waals surface area contributed by atoms with Gasteiger partial charge in [-0.25, -0.2) is 9.07 Å². The number of aryl methyl sites for hydroxylation is 1. The zero-order chi connectivity index (χ0) is 16.9. The Labute approximate surface area is 139 Å². The number of piperidine rings is 1. The minimum absolute atomic E-state index is 0.0160. The molecule has 0 saturated carbocycles. The molecular formula is C16H21FN6O. The molecule has 7 nitrogen and oxygen atoms in total. The van der Waals surface area contributed by atoms with Crippen LogP contribution in [0.15, 0.2) is 24.3 Å². The van der Waals surface area contributed by atoms with Crippen LogP contribution in [0.2, 0.25) is 0 Å². The first-order valence-corrected chi connectivity index (χ1v) is 8.10. The van der Waals surface area contributed by atoms with E-state index in [2.05, 4.69) is 25.7 Å². The maximum atomic E-state index is 12.9. The number of nitrogens with zero attached hydrogens (tertiary/aromatic N) is 5. The van der Waals surface area contributed by atoms with Crippen LogP contribution in [0.25, 0.3) is 0 Å². The average Bonchev–Trinajstić information content (AvgIpc) is 3.01. The second-order valence-electron chi connectivity index (χ2n) is 6.16. The summed E-state index contributed by atoms with van der Waals surface area (Å²) in [4.78, 5) is 14.3. The average molecular weight is 332 g/mol. The van der Waals surface area contributed by atoms with Gasteiger partial charge in [0.05, 0.1) is 0 Å². The van der Waals surface area contributed by atoms with Gasteiger partial charge in [-0.2, -0.15) is 0 Å². The fraction of sp³-hybridized carbons (Fsp3) is 0.500. The molecule has 0 aliphatic carbocycles. The zero-order valence-electron chi connectivity index (χ0n) is 13.7. The van der Waals surface area contributed by atoms with Gasteiger partial charge in [-0.15, -0.1) is 0 Å². The van der Waals surface area contributed by atoms with E-state index in [9.17, 15) is 9.18 Å². The second-order valence-corrected chi connectivity index (χ2v) is 6.16. The van der Waals surface area contributed by atoms with Crippen LogP contribution in [0.1, 0.15) is 24.8 Å². The Balaban J connectivity index is 1.49. The van der Waals surface area contributed by atoms with E-state index in [1.807, 2.05) is 7.05 Å². The van der Waals surface area contributed by atoms with E-state index in [0.717, 1.165) is 37.4 Å². The van der Waals surface area contributed by atoms with Crippen molar-refractivity contribution in [2.75, 3.05) is 18.0 Å². The number of hydrogen-bond donors (Lipinski definition) is 1. The number of benzene rings is 1. The maximum absolute atomic E-state index is 12.9. The van der Waals surface area contributed by atoms with Crippen molar-refractivity contribution < 1.29 is 9.18 Å². The molecule has 1 N–H and O–H groups in total. The van der Waals surface area contributed by atoms with Crippen LogP contribution in [-0.2, 0) is 18.4 Å². The second kappa shape index (κ2) is 7.37. The SMILES string of the molecule is Cn1nnnc1N1CCCC(CC(=O)NCc2ccc(F)cc2)C1. The number of tetrazole rings is 1. The van der Waals surface area contributed by atoms with E-state index >= 15 is 0 Å². The quantitative estimate of drug-likeness (QED) is 0.892. The van der Waals surface area contributed by atoms with E-state index in [-0.39, 0.29) is 17.6 Å². The van der Waals surface area contributed by atoms with Crippen LogP contribution in [0.4, 0.5) is 10.3 Å². The van der Waals surface area contributed by atoms with Crippen LogP contribution >= 0.6 is 0 Å². The van der Waals surface area contributed by atoms with Crippen LogP contribution in [0, 0.1) is 11.7 Å². The molecule has 128 valence electrons. The lowest BCUT2D eigenvalue weighted by atomic mass is 9.94. The third-order valence-electron chi connectivity index (χ3n) is 4.28. The molecule has 0 radical (unpaired) electrons. The summed E-state index contributed by atoms with van der Waals surface area (Å²) in [5.41, 5.74) is 0.889. The first kappa shape index (κ1) is 16.4. The Morgan fingerprint density at radius 3 is 2.88 bits per heavy atom. The van der Waals surface area contributed by atoms with Crippen molar-refractivity contribution in [2.45, 2.75) is 25.8 Å². The third kappa shape index (κ3) is 4.06. The lowest BCUT2D eigenvalue weighted by Gasteiger charge is -2.32. The highest BCUT2D eigenvalue weighted by Crippen LogP contribution is 2.22. The molecule has 1 atom stereocenters. The van der Waals surface area contributed by atoms with Gasteiger partial charge in [0.1, 0.15) is 5.82 Å². The number of carbonyl (C=O) groups excluding carboxylic acids is 1. The highest BCUT2D eigenvalue weighted by Gasteiger charge is 2.24. The van der Waals surface area contributed by atoms with Gasteiger partial charge in [-0.1, -0.05) is 17.2 Å². The molecule has 1 fully saturated rings. The monoisotopic (exact) mass is 332 g/mol. The normalized spacial score (nSPS) is 17.8. The van der Waals surface area contributed by atoms with Crippen LogP contribution < -0.4 is 10.2 Å². The van der Waals surface area contributed by atoms with Gasteiger partial charge < -0.3 is 10.2 Å². The van der Waals surface area contributed by atoms with Gasteiger partial charge in [0, 0.05) is 33.1 Å². The number of aromatic nitrogens is 4. The zero-order valence-corrected chi connectivity index (χ0v) is 13.7. The van der Waals surface area contributed by atoms with E-state index in [0.29, 0.717) is 13.0 Å². The first-order valence-electron chi connectivity index (χ1n) is 8.10. The van der Waals surface area contributed by atoms with Crippen LogP contribution in [0.5, 0.6) is 0 Å². The summed E-state index contributed by atoms with van der Waals surface area (Å²) >= 11 is 0. The number of carbonyl (C=O) groups is 1. The molecule has 2 aromatic rings. The Hall–Kier alpha value is -2.51. The molecule has 2 heterocycles. The number of amides is 1. The molecule has 1 aliphatic rings. The van der Waals surface area contributed by atoms with Gasteiger partial charge in [0.2, 0.25) is 11.9 Å². The summed E-state index contributed by atoms with van der Waals surface area (Å²) in [6.07, 6.45) is 2.51. The number of anilines is 1. The molecule has 8 heteroatoms. The predicted octanol–water partition coefficient (Wildman–Crippen LogP) is 1.27. The Morgan fingerprint density at radius 2 is 2.17 bits per heavy atom. The number of nitrogens with one attached hydrogen (secondary N) is 1. The summed E-state index contributed by atoms with van der Waals surface area (Å²) in [6.45, 7) is 2.10. The smallest absolute Gasteiger partial charge is 0.245 e. The molecule has 0 bridgehead atoms. The Morgan fingerprint density at radius 1 is 1.38 bits per heavy atom. The van der Waals surface area contributed by atoms with Crippen molar-refractivity contribution >= 4 is 11.9 Å².